The highest BCUT2D eigenvalue weighted by Gasteiger charge is 2.18. The summed E-state index contributed by atoms with van der Waals surface area (Å²) in [5.41, 5.74) is 7.87. The highest BCUT2D eigenvalue weighted by atomic mass is 127. The molecule has 0 saturated heterocycles. The van der Waals surface area contributed by atoms with Crippen LogP contribution in [0.3, 0.4) is 0 Å². The Kier molecular flexibility index (Phi) is 3.22. The van der Waals surface area contributed by atoms with Gasteiger partial charge in [0, 0.05) is 3.57 Å². The van der Waals surface area contributed by atoms with Crippen molar-refractivity contribution in [3.05, 3.63) is 32.7 Å². The molecule has 112 valence electrons. The van der Waals surface area contributed by atoms with Crippen LogP contribution < -0.4 is 15.2 Å². The van der Waals surface area contributed by atoms with Crippen LogP contribution in [-0.2, 0) is 6.54 Å². The average Bonchev–Trinajstić information content (AvgIpc) is 3.06. The number of ether oxygens (including phenoxy) is 2. The molecule has 0 spiro atoms. The van der Waals surface area contributed by atoms with E-state index in [1.165, 1.54) is 0 Å². The number of nitrogens with two attached hydrogens (primary N) is 1. The van der Waals surface area contributed by atoms with Crippen molar-refractivity contribution in [2.75, 3.05) is 12.5 Å². The van der Waals surface area contributed by atoms with E-state index in [9.17, 15) is 0 Å². The first-order chi connectivity index (χ1) is 10.6. The van der Waals surface area contributed by atoms with Crippen LogP contribution in [0, 0.1) is 3.57 Å². The number of hydrogen-bond donors (Lipinski definition) is 1. The molecule has 0 atom stereocenters. The third-order valence-corrected chi connectivity index (χ3v) is 4.59. The second-order valence-electron chi connectivity index (χ2n) is 4.71. The Labute approximate surface area is 143 Å². The van der Waals surface area contributed by atoms with Crippen molar-refractivity contribution in [1.82, 2.24) is 19.5 Å². The van der Waals surface area contributed by atoms with E-state index >= 15 is 0 Å². The maximum absolute atomic E-state index is 6.04. The minimum Gasteiger partial charge on any atom is -0.454 e. The van der Waals surface area contributed by atoms with Crippen LogP contribution in [0.1, 0.15) is 5.56 Å². The van der Waals surface area contributed by atoms with Gasteiger partial charge in [0.15, 0.2) is 22.3 Å². The topological polar surface area (TPSA) is 88.1 Å². The van der Waals surface area contributed by atoms with Gasteiger partial charge in [-0.3, -0.25) is 0 Å². The standard InChI is InChI=1S/C13H9ClIN5O2/c14-11-10-12(19-13(16)18-11)20(4-17-10)3-6-1-8-9(2-7(6)15)22-5-21-8/h1-2,4H,3,5H2,(H2,16,18,19). The molecule has 7 nitrogen and oxygen atoms in total. The van der Waals surface area contributed by atoms with Crippen molar-refractivity contribution in [2.45, 2.75) is 6.54 Å². The van der Waals surface area contributed by atoms with Gasteiger partial charge in [0.1, 0.15) is 5.52 Å². The molecule has 3 heterocycles. The summed E-state index contributed by atoms with van der Waals surface area (Å²) < 4.78 is 13.7. The number of aromatic nitrogens is 4. The van der Waals surface area contributed by atoms with Gasteiger partial charge in [-0.05, 0) is 40.3 Å². The SMILES string of the molecule is Nc1nc(Cl)c2ncn(Cc3cc4c(cc3I)OCO4)c2n1. The van der Waals surface area contributed by atoms with Crippen LogP contribution in [0.5, 0.6) is 11.5 Å². The van der Waals surface area contributed by atoms with Crippen LogP contribution >= 0.6 is 34.2 Å². The van der Waals surface area contributed by atoms with Crippen LogP contribution in [0.25, 0.3) is 11.2 Å². The molecule has 0 saturated carbocycles. The average molecular weight is 430 g/mol. The molecule has 22 heavy (non-hydrogen) atoms. The lowest BCUT2D eigenvalue weighted by molar-refractivity contribution is 0.174. The second kappa shape index (κ2) is 5.13. The molecule has 0 aliphatic carbocycles. The maximum Gasteiger partial charge on any atom is 0.231 e. The van der Waals surface area contributed by atoms with Crippen molar-refractivity contribution in [1.29, 1.82) is 0 Å². The normalized spacial score (nSPS) is 13.0. The molecule has 0 bridgehead atoms. The minimum absolute atomic E-state index is 0.125. The van der Waals surface area contributed by atoms with Gasteiger partial charge in [-0.25, -0.2) is 4.98 Å². The largest absolute Gasteiger partial charge is 0.454 e. The fourth-order valence-electron chi connectivity index (χ4n) is 2.31. The van der Waals surface area contributed by atoms with Gasteiger partial charge in [0.25, 0.3) is 0 Å². The smallest absolute Gasteiger partial charge is 0.231 e. The second-order valence-corrected chi connectivity index (χ2v) is 6.23. The molecule has 3 aromatic rings. The molecule has 1 aliphatic heterocycles. The lowest BCUT2D eigenvalue weighted by atomic mass is 10.2. The van der Waals surface area contributed by atoms with Gasteiger partial charge in [-0.2, -0.15) is 9.97 Å². The third kappa shape index (κ3) is 2.22. The summed E-state index contributed by atoms with van der Waals surface area (Å²) in [6.07, 6.45) is 1.67. The zero-order valence-corrected chi connectivity index (χ0v) is 14.0. The van der Waals surface area contributed by atoms with E-state index in [-0.39, 0.29) is 17.9 Å². The van der Waals surface area contributed by atoms with Crippen LogP contribution in [0.4, 0.5) is 5.95 Å². The summed E-state index contributed by atoms with van der Waals surface area (Å²) in [5, 5.41) is 0.252. The highest BCUT2D eigenvalue weighted by molar-refractivity contribution is 14.1. The van der Waals surface area contributed by atoms with Gasteiger partial charge in [-0.15, -0.1) is 0 Å². The Morgan fingerprint density at radius 3 is 2.86 bits per heavy atom. The Balaban J connectivity index is 1.78. The fraction of sp³-hybridized carbons (Fsp3) is 0.154. The number of fused-ring (bicyclic) bond motifs is 2. The molecule has 0 amide bonds. The summed E-state index contributed by atoms with van der Waals surface area (Å²) in [4.78, 5) is 12.4. The van der Waals surface area contributed by atoms with E-state index in [0.717, 1.165) is 20.6 Å². The lowest BCUT2D eigenvalue weighted by Crippen LogP contribution is -2.03. The first-order valence-electron chi connectivity index (χ1n) is 6.33. The number of hydrogen-bond acceptors (Lipinski definition) is 6. The molecule has 4 rings (SSSR count). The van der Waals surface area contributed by atoms with E-state index in [1.807, 2.05) is 16.7 Å². The molecule has 0 radical (unpaired) electrons. The molecule has 2 aromatic heterocycles. The summed E-state index contributed by atoms with van der Waals surface area (Å²) in [5.74, 6) is 1.63. The van der Waals surface area contributed by atoms with E-state index in [4.69, 9.17) is 26.8 Å². The van der Waals surface area contributed by atoms with E-state index in [2.05, 4.69) is 37.5 Å². The predicted molar refractivity (Wildman–Crippen MR) is 89.1 cm³/mol. The zero-order valence-electron chi connectivity index (χ0n) is 11.1. The fourth-order valence-corrected chi connectivity index (χ4v) is 3.13. The Morgan fingerprint density at radius 1 is 1.27 bits per heavy atom. The summed E-state index contributed by atoms with van der Waals surface area (Å²) in [6.45, 7) is 0.820. The summed E-state index contributed by atoms with van der Waals surface area (Å²) in [7, 11) is 0. The van der Waals surface area contributed by atoms with E-state index in [0.29, 0.717) is 17.7 Å². The van der Waals surface area contributed by atoms with Crippen molar-refractivity contribution in [3.8, 4) is 11.5 Å². The van der Waals surface area contributed by atoms with Crippen molar-refractivity contribution in [3.63, 3.8) is 0 Å². The number of anilines is 1. The lowest BCUT2D eigenvalue weighted by Gasteiger charge is -2.08. The molecule has 1 aromatic carbocycles. The quantitative estimate of drug-likeness (QED) is 0.497. The molecular weight excluding hydrogens is 421 g/mol. The van der Waals surface area contributed by atoms with Crippen LogP contribution in [-0.4, -0.2) is 26.3 Å². The van der Waals surface area contributed by atoms with Crippen molar-refractivity contribution in [2.24, 2.45) is 0 Å². The first kappa shape index (κ1) is 13.8. The first-order valence-corrected chi connectivity index (χ1v) is 7.79. The van der Waals surface area contributed by atoms with Gasteiger partial charge < -0.3 is 19.8 Å². The third-order valence-electron chi connectivity index (χ3n) is 3.32. The molecule has 0 unspecified atom stereocenters. The monoisotopic (exact) mass is 429 g/mol. The summed E-state index contributed by atoms with van der Waals surface area (Å²) >= 11 is 8.30. The number of benzene rings is 1. The molecule has 2 N–H and O–H groups in total. The number of halogens is 2. The number of imidazole rings is 1. The van der Waals surface area contributed by atoms with Gasteiger partial charge in [0.2, 0.25) is 12.7 Å². The summed E-state index contributed by atoms with van der Waals surface area (Å²) in [6, 6.07) is 3.91. The number of nitrogen functional groups attached to an aromatic ring is 1. The molecule has 1 aliphatic rings. The number of rotatable bonds is 2. The van der Waals surface area contributed by atoms with Crippen LogP contribution in [0.2, 0.25) is 5.15 Å². The van der Waals surface area contributed by atoms with Gasteiger partial charge >= 0.3 is 0 Å². The van der Waals surface area contributed by atoms with Gasteiger partial charge in [-0.1, -0.05) is 11.6 Å². The van der Waals surface area contributed by atoms with Gasteiger partial charge in [0.05, 0.1) is 12.9 Å². The molecular formula is C13H9ClIN5O2. The Hall–Kier alpha value is -1.81. The number of nitrogens with zero attached hydrogens (tertiary/aromatic N) is 4. The van der Waals surface area contributed by atoms with E-state index in [1.54, 1.807) is 6.33 Å². The van der Waals surface area contributed by atoms with Crippen LogP contribution in [0.15, 0.2) is 18.5 Å². The van der Waals surface area contributed by atoms with E-state index < -0.39 is 0 Å². The molecule has 0 fully saturated rings. The zero-order chi connectivity index (χ0) is 15.3. The minimum atomic E-state index is 0.125. The maximum atomic E-state index is 6.04. The Morgan fingerprint density at radius 2 is 2.05 bits per heavy atom. The Bertz CT molecular complexity index is 898. The van der Waals surface area contributed by atoms with Crippen molar-refractivity contribution < 1.29 is 9.47 Å². The van der Waals surface area contributed by atoms with Crippen molar-refractivity contribution >= 4 is 51.3 Å². The molecule has 9 heteroatoms. The predicted octanol–water partition coefficient (Wildman–Crippen LogP) is 2.44. The highest BCUT2D eigenvalue weighted by Crippen LogP contribution is 2.35.